The first kappa shape index (κ1) is 23.7. The Labute approximate surface area is 188 Å². The van der Waals surface area contributed by atoms with Gasteiger partial charge in [-0.2, -0.15) is 0 Å². The van der Waals surface area contributed by atoms with Crippen molar-refractivity contribution < 1.29 is 18.7 Å². The van der Waals surface area contributed by atoms with Crippen molar-refractivity contribution in [1.29, 1.82) is 0 Å². The minimum atomic E-state index is -2.58. The van der Waals surface area contributed by atoms with E-state index in [9.17, 15) is 4.79 Å². The molecule has 5 heteroatoms. The molecule has 4 nitrogen and oxygen atoms in total. The molecule has 31 heavy (non-hydrogen) atoms. The van der Waals surface area contributed by atoms with Gasteiger partial charge in [-0.15, -0.1) is 0 Å². The molecule has 0 spiro atoms. The largest absolute Gasteiger partial charge is 0.469 e. The van der Waals surface area contributed by atoms with E-state index in [4.69, 9.17) is 13.9 Å². The fourth-order valence-electron chi connectivity index (χ4n) is 4.68. The Morgan fingerprint density at radius 2 is 1.55 bits per heavy atom. The molecule has 0 N–H and O–H groups in total. The summed E-state index contributed by atoms with van der Waals surface area (Å²) in [6.07, 6.45) is 2.13. The maximum Gasteiger partial charge on any atom is 0.308 e. The molecule has 1 aliphatic rings. The summed E-state index contributed by atoms with van der Waals surface area (Å²) in [5.74, 6) is 0.119. The molecule has 1 fully saturated rings. The number of esters is 1. The van der Waals surface area contributed by atoms with E-state index in [2.05, 4.69) is 88.4 Å². The van der Waals surface area contributed by atoms with Crippen molar-refractivity contribution in [3.8, 4) is 0 Å². The molecular weight excluding hydrogens is 404 g/mol. The van der Waals surface area contributed by atoms with Crippen LogP contribution in [0.25, 0.3) is 0 Å². The Bertz CT molecular complexity index is 792. The van der Waals surface area contributed by atoms with Gasteiger partial charge in [0.15, 0.2) is 0 Å². The summed E-state index contributed by atoms with van der Waals surface area (Å²) in [4.78, 5) is 11.8. The van der Waals surface area contributed by atoms with E-state index < -0.39 is 8.32 Å². The van der Waals surface area contributed by atoms with Crippen LogP contribution in [0.15, 0.2) is 60.7 Å². The molecule has 3 atom stereocenters. The molecule has 168 valence electrons. The van der Waals surface area contributed by atoms with Gasteiger partial charge in [0.1, 0.15) is 0 Å². The van der Waals surface area contributed by atoms with Crippen LogP contribution in [-0.2, 0) is 18.7 Å². The van der Waals surface area contributed by atoms with E-state index in [0.717, 1.165) is 12.8 Å². The Morgan fingerprint density at radius 3 is 2.03 bits per heavy atom. The zero-order valence-corrected chi connectivity index (χ0v) is 20.5. The minimum absolute atomic E-state index is 0.0208. The second-order valence-electron chi connectivity index (χ2n) is 9.61. The van der Waals surface area contributed by atoms with Gasteiger partial charge in [0.05, 0.1) is 32.3 Å². The van der Waals surface area contributed by atoms with Gasteiger partial charge in [-0.25, -0.2) is 0 Å². The van der Waals surface area contributed by atoms with Gasteiger partial charge in [0.25, 0.3) is 8.32 Å². The fourth-order valence-corrected chi connectivity index (χ4v) is 9.27. The Hall–Kier alpha value is -1.95. The molecule has 1 saturated heterocycles. The van der Waals surface area contributed by atoms with Crippen molar-refractivity contribution >= 4 is 24.7 Å². The number of hydrogen-bond acceptors (Lipinski definition) is 4. The standard InChI is InChI=1S/C26H36O4Si/c1-20-16-17-21(30-24(20)18-25(27)28-5)19-29-31(26(2,3)4,22-12-8-6-9-13-22)23-14-10-7-11-15-23/h6-15,20-21,24H,16-19H2,1-5H3/t20-,21+,24+/m0/s1. The summed E-state index contributed by atoms with van der Waals surface area (Å²) in [6.45, 7) is 9.51. The lowest BCUT2D eigenvalue weighted by Gasteiger charge is -2.44. The molecule has 0 saturated carbocycles. The summed E-state index contributed by atoms with van der Waals surface area (Å²) in [5, 5.41) is 2.47. The highest BCUT2D eigenvalue weighted by atomic mass is 28.4. The van der Waals surface area contributed by atoms with E-state index in [0.29, 0.717) is 18.9 Å². The summed E-state index contributed by atoms with van der Waals surface area (Å²) in [7, 11) is -1.15. The average Bonchev–Trinajstić information content (AvgIpc) is 2.76. The number of carbonyl (C=O) groups excluding carboxylic acids is 1. The number of carbonyl (C=O) groups is 1. The lowest BCUT2D eigenvalue weighted by Crippen LogP contribution is -2.67. The average molecular weight is 441 g/mol. The Kier molecular flexibility index (Phi) is 7.73. The van der Waals surface area contributed by atoms with Crippen LogP contribution in [-0.4, -0.2) is 40.2 Å². The third-order valence-electron chi connectivity index (χ3n) is 6.44. The molecule has 3 rings (SSSR count). The van der Waals surface area contributed by atoms with Gasteiger partial charge in [0.2, 0.25) is 0 Å². The van der Waals surface area contributed by atoms with Gasteiger partial charge < -0.3 is 13.9 Å². The lowest BCUT2D eigenvalue weighted by molar-refractivity contribution is -0.151. The van der Waals surface area contributed by atoms with Crippen molar-refractivity contribution in [2.24, 2.45) is 5.92 Å². The van der Waals surface area contributed by atoms with Crippen LogP contribution >= 0.6 is 0 Å². The summed E-state index contributed by atoms with van der Waals surface area (Å²) in [6, 6.07) is 21.3. The topological polar surface area (TPSA) is 44.8 Å². The Morgan fingerprint density at radius 1 is 1.00 bits per heavy atom. The molecule has 1 aliphatic heterocycles. The number of methoxy groups -OCH3 is 1. The van der Waals surface area contributed by atoms with Crippen LogP contribution in [0.2, 0.25) is 5.04 Å². The highest BCUT2D eigenvalue weighted by molar-refractivity contribution is 6.99. The highest BCUT2D eigenvalue weighted by Crippen LogP contribution is 2.37. The van der Waals surface area contributed by atoms with E-state index in [1.807, 2.05) is 0 Å². The SMILES string of the molecule is COC(=O)C[C@H]1O[C@@H](CO[Si](c2ccccc2)(c2ccccc2)C(C)(C)C)CC[C@@H]1C. The third-order valence-corrected chi connectivity index (χ3v) is 11.4. The molecule has 0 aliphatic carbocycles. The van der Waals surface area contributed by atoms with E-state index in [1.165, 1.54) is 17.5 Å². The van der Waals surface area contributed by atoms with Crippen LogP contribution in [0.3, 0.4) is 0 Å². The molecule has 1 heterocycles. The zero-order chi connectivity index (χ0) is 22.5. The van der Waals surface area contributed by atoms with E-state index >= 15 is 0 Å². The molecule has 2 aromatic carbocycles. The van der Waals surface area contributed by atoms with Crippen LogP contribution in [0.1, 0.15) is 47.0 Å². The van der Waals surface area contributed by atoms with Gasteiger partial charge in [-0.3, -0.25) is 4.79 Å². The summed E-state index contributed by atoms with van der Waals surface area (Å²) >= 11 is 0. The number of rotatable bonds is 7. The first-order valence-electron chi connectivity index (χ1n) is 11.2. The fraction of sp³-hybridized carbons (Fsp3) is 0.500. The normalized spacial score (nSPS) is 22.2. The molecular formula is C26H36O4Si. The summed E-state index contributed by atoms with van der Waals surface area (Å²) in [5.41, 5.74) is 0. The maximum atomic E-state index is 11.8. The van der Waals surface area contributed by atoms with Gasteiger partial charge in [0, 0.05) is 0 Å². The molecule has 0 bridgehead atoms. The van der Waals surface area contributed by atoms with Crippen LogP contribution in [0.4, 0.5) is 0 Å². The van der Waals surface area contributed by atoms with E-state index in [1.54, 1.807) is 0 Å². The number of benzene rings is 2. The zero-order valence-electron chi connectivity index (χ0n) is 19.5. The predicted octanol–water partition coefficient (Wildman–Crippen LogP) is 4.31. The van der Waals surface area contributed by atoms with Crippen molar-refractivity contribution in [3.05, 3.63) is 60.7 Å². The molecule has 2 aromatic rings. The molecule has 0 radical (unpaired) electrons. The van der Waals surface area contributed by atoms with Gasteiger partial charge >= 0.3 is 5.97 Å². The molecule has 0 amide bonds. The summed E-state index contributed by atoms with van der Waals surface area (Å²) < 4.78 is 18.2. The quantitative estimate of drug-likeness (QED) is 0.475. The smallest absolute Gasteiger partial charge is 0.308 e. The maximum absolute atomic E-state index is 11.8. The van der Waals surface area contributed by atoms with Gasteiger partial charge in [-0.1, -0.05) is 88.4 Å². The van der Waals surface area contributed by atoms with Crippen molar-refractivity contribution in [2.45, 2.75) is 64.2 Å². The van der Waals surface area contributed by atoms with E-state index in [-0.39, 0.29) is 23.2 Å². The highest BCUT2D eigenvalue weighted by Gasteiger charge is 2.50. The van der Waals surface area contributed by atoms with Crippen LogP contribution in [0, 0.1) is 5.92 Å². The number of ether oxygens (including phenoxy) is 2. The Balaban J connectivity index is 1.89. The second-order valence-corrected chi connectivity index (χ2v) is 13.9. The first-order valence-corrected chi connectivity index (χ1v) is 13.2. The van der Waals surface area contributed by atoms with Crippen molar-refractivity contribution in [1.82, 2.24) is 0 Å². The predicted molar refractivity (Wildman–Crippen MR) is 127 cm³/mol. The van der Waals surface area contributed by atoms with Crippen LogP contribution < -0.4 is 10.4 Å². The third kappa shape index (κ3) is 5.28. The number of hydrogen-bond donors (Lipinski definition) is 0. The van der Waals surface area contributed by atoms with Crippen molar-refractivity contribution in [2.75, 3.05) is 13.7 Å². The monoisotopic (exact) mass is 440 g/mol. The van der Waals surface area contributed by atoms with Crippen LogP contribution in [0.5, 0.6) is 0 Å². The molecule has 0 aromatic heterocycles. The molecule has 0 unspecified atom stereocenters. The van der Waals surface area contributed by atoms with Crippen molar-refractivity contribution in [3.63, 3.8) is 0 Å². The first-order chi connectivity index (χ1) is 14.8. The van der Waals surface area contributed by atoms with Gasteiger partial charge in [-0.05, 0) is 34.2 Å². The lowest BCUT2D eigenvalue weighted by atomic mass is 9.91. The minimum Gasteiger partial charge on any atom is -0.469 e. The second kappa shape index (κ2) is 10.1.